The van der Waals surface area contributed by atoms with Crippen LogP contribution in [0.25, 0.3) is 0 Å². The zero-order valence-electron chi connectivity index (χ0n) is 10.3. The number of Topliss-reactive ketones (excluding diaryl/α,β-unsaturated/α-hetero) is 1. The maximum atomic E-state index is 12.1. The van der Waals surface area contributed by atoms with Gasteiger partial charge in [-0.25, -0.2) is 0 Å². The Kier molecular flexibility index (Phi) is 4.54. The van der Waals surface area contributed by atoms with Crippen molar-refractivity contribution in [1.82, 2.24) is 0 Å². The van der Waals surface area contributed by atoms with Crippen LogP contribution in [-0.4, -0.2) is 5.78 Å². The molecule has 0 saturated carbocycles. The Balaban J connectivity index is 1.98. The standard InChI is InChI=1S/C16H20O/c17-16(15-11-7-4-8-12-15)13-14-9-5-2-1-3-6-10-14/h4,7-9,11-12H,1-3,5-6,10,13H2. The lowest BCUT2D eigenvalue weighted by molar-refractivity contribution is 0.0991. The minimum Gasteiger partial charge on any atom is -0.294 e. The predicted octanol–water partition coefficient (Wildman–Crippen LogP) is 4.54. The van der Waals surface area contributed by atoms with Gasteiger partial charge in [0, 0.05) is 12.0 Å². The summed E-state index contributed by atoms with van der Waals surface area (Å²) < 4.78 is 0. The molecule has 0 bridgehead atoms. The Hall–Kier alpha value is -1.37. The second kappa shape index (κ2) is 6.39. The summed E-state index contributed by atoms with van der Waals surface area (Å²) in [7, 11) is 0. The Morgan fingerprint density at radius 1 is 1.00 bits per heavy atom. The van der Waals surface area contributed by atoms with Crippen LogP contribution >= 0.6 is 0 Å². The lowest BCUT2D eigenvalue weighted by Crippen LogP contribution is -2.02. The molecule has 0 fully saturated rings. The summed E-state index contributed by atoms with van der Waals surface area (Å²) in [6, 6.07) is 9.63. The van der Waals surface area contributed by atoms with Crippen LogP contribution in [0.1, 0.15) is 55.3 Å². The van der Waals surface area contributed by atoms with Gasteiger partial charge in [-0.15, -0.1) is 0 Å². The van der Waals surface area contributed by atoms with E-state index in [0.717, 1.165) is 18.4 Å². The third kappa shape index (κ3) is 3.85. The molecule has 0 aromatic heterocycles. The number of carbonyl (C=O) groups is 1. The Morgan fingerprint density at radius 2 is 1.76 bits per heavy atom. The molecule has 0 radical (unpaired) electrons. The maximum absolute atomic E-state index is 12.1. The molecule has 0 atom stereocenters. The Bertz CT molecular complexity index is 389. The first-order chi connectivity index (χ1) is 8.36. The van der Waals surface area contributed by atoms with Gasteiger partial charge in [-0.2, -0.15) is 0 Å². The number of hydrogen-bond donors (Lipinski definition) is 0. The zero-order valence-corrected chi connectivity index (χ0v) is 10.3. The van der Waals surface area contributed by atoms with E-state index in [1.807, 2.05) is 30.3 Å². The molecule has 0 saturated heterocycles. The highest BCUT2D eigenvalue weighted by Crippen LogP contribution is 2.21. The van der Waals surface area contributed by atoms with Crippen molar-refractivity contribution in [1.29, 1.82) is 0 Å². The number of ketones is 1. The van der Waals surface area contributed by atoms with Gasteiger partial charge in [0.25, 0.3) is 0 Å². The van der Waals surface area contributed by atoms with Crippen LogP contribution in [0.15, 0.2) is 42.0 Å². The largest absolute Gasteiger partial charge is 0.294 e. The second-order valence-electron chi connectivity index (χ2n) is 4.78. The lowest BCUT2D eigenvalue weighted by atomic mass is 9.95. The normalized spacial score (nSPS) is 16.8. The molecular formula is C16H20O. The number of hydrogen-bond acceptors (Lipinski definition) is 1. The first-order valence-corrected chi connectivity index (χ1v) is 6.62. The molecule has 1 aromatic carbocycles. The van der Waals surface area contributed by atoms with Gasteiger partial charge in [0.1, 0.15) is 0 Å². The SMILES string of the molecule is O=C(CC1=CCCCCCC1)c1ccccc1. The molecule has 1 nitrogen and oxygen atoms in total. The molecule has 2 rings (SSSR count). The van der Waals surface area contributed by atoms with Gasteiger partial charge in [-0.3, -0.25) is 4.79 Å². The topological polar surface area (TPSA) is 17.1 Å². The van der Waals surface area contributed by atoms with Crippen molar-refractivity contribution >= 4 is 5.78 Å². The Labute approximate surface area is 104 Å². The number of rotatable bonds is 3. The molecule has 0 N–H and O–H groups in total. The average molecular weight is 228 g/mol. The molecule has 17 heavy (non-hydrogen) atoms. The van der Waals surface area contributed by atoms with E-state index in [2.05, 4.69) is 6.08 Å². The molecule has 1 aromatic rings. The van der Waals surface area contributed by atoms with E-state index < -0.39 is 0 Å². The molecule has 0 spiro atoms. The molecule has 1 aliphatic rings. The fourth-order valence-corrected chi connectivity index (χ4v) is 2.35. The fourth-order valence-electron chi connectivity index (χ4n) is 2.35. The quantitative estimate of drug-likeness (QED) is 0.548. The highest BCUT2D eigenvalue weighted by atomic mass is 16.1. The summed E-state index contributed by atoms with van der Waals surface area (Å²) in [6.45, 7) is 0. The monoisotopic (exact) mass is 228 g/mol. The van der Waals surface area contributed by atoms with Crippen LogP contribution < -0.4 is 0 Å². The van der Waals surface area contributed by atoms with Crippen LogP contribution in [-0.2, 0) is 0 Å². The van der Waals surface area contributed by atoms with Gasteiger partial charge in [0.05, 0.1) is 0 Å². The van der Waals surface area contributed by atoms with Gasteiger partial charge < -0.3 is 0 Å². The van der Waals surface area contributed by atoms with E-state index >= 15 is 0 Å². The first kappa shape index (κ1) is 12.1. The summed E-state index contributed by atoms with van der Waals surface area (Å²) in [5, 5.41) is 0. The van der Waals surface area contributed by atoms with E-state index in [1.54, 1.807) is 0 Å². The number of benzene rings is 1. The van der Waals surface area contributed by atoms with E-state index in [9.17, 15) is 4.79 Å². The van der Waals surface area contributed by atoms with Crippen molar-refractivity contribution in [2.45, 2.75) is 44.9 Å². The Morgan fingerprint density at radius 3 is 2.59 bits per heavy atom. The van der Waals surface area contributed by atoms with E-state index in [4.69, 9.17) is 0 Å². The number of carbonyl (C=O) groups excluding carboxylic acids is 1. The van der Waals surface area contributed by atoms with E-state index in [0.29, 0.717) is 6.42 Å². The molecule has 0 amide bonds. The van der Waals surface area contributed by atoms with Gasteiger partial charge >= 0.3 is 0 Å². The van der Waals surface area contributed by atoms with Crippen molar-refractivity contribution < 1.29 is 4.79 Å². The number of allylic oxidation sites excluding steroid dienone is 2. The minimum absolute atomic E-state index is 0.262. The third-order valence-electron chi connectivity index (χ3n) is 3.37. The van der Waals surface area contributed by atoms with Crippen LogP contribution in [0.2, 0.25) is 0 Å². The summed E-state index contributed by atoms with van der Waals surface area (Å²) >= 11 is 0. The summed E-state index contributed by atoms with van der Waals surface area (Å²) in [5.41, 5.74) is 2.19. The lowest BCUT2D eigenvalue weighted by Gasteiger charge is -2.10. The predicted molar refractivity (Wildman–Crippen MR) is 71.2 cm³/mol. The summed E-state index contributed by atoms with van der Waals surface area (Å²) in [4.78, 5) is 12.1. The molecule has 0 unspecified atom stereocenters. The second-order valence-corrected chi connectivity index (χ2v) is 4.78. The van der Waals surface area contributed by atoms with Crippen molar-refractivity contribution in [2.75, 3.05) is 0 Å². The minimum atomic E-state index is 0.262. The summed E-state index contributed by atoms with van der Waals surface area (Å²) in [5.74, 6) is 0.262. The van der Waals surface area contributed by atoms with Crippen LogP contribution in [0, 0.1) is 0 Å². The molecule has 1 heteroatoms. The molecule has 0 aliphatic heterocycles. The highest BCUT2D eigenvalue weighted by molar-refractivity contribution is 5.97. The van der Waals surface area contributed by atoms with Gasteiger partial charge in [-0.1, -0.05) is 54.8 Å². The molecule has 90 valence electrons. The van der Waals surface area contributed by atoms with E-state index in [-0.39, 0.29) is 5.78 Å². The van der Waals surface area contributed by atoms with Gasteiger partial charge in [0.15, 0.2) is 5.78 Å². The first-order valence-electron chi connectivity index (χ1n) is 6.62. The fraction of sp³-hybridized carbons (Fsp3) is 0.438. The van der Waals surface area contributed by atoms with Crippen molar-refractivity contribution in [2.24, 2.45) is 0 Å². The average Bonchev–Trinajstić information content (AvgIpc) is 2.33. The van der Waals surface area contributed by atoms with Crippen LogP contribution in [0.3, 0.4) is 0 Å². The highest BCUT2D eigenvalue weighted by Gasteiger charge is 2.09. The van der Waals surface area contributed by atoms with Crippen LogP contribution in [0.5, 0.6) is 0 Å². The summed E-state index contributed by atoms with van der Waals surface area (Å²) in [6.07, 6.45) is 10.4. The maximum Gasteiger partial charge on any atom is 0.166 e. The van der Waals surface area contributed by atoms with E-state index in [1.165, 1.54) is 31.3 Å². The van der Waals surface area contributed by atoms with Gasteiger partial charge in [-0.05, 0) is 25.7 Å². The van der Waals surface area contributed by atoms with Crippen molar-refractivity contribution in [3.05, 3.63) is 47.5 Å². The van der Waals surface area contributed by atoms with Crippen molar-refractivity contribution in [3.8, 4) is 0 Å². The van der Waals surface area contributed by atoms with Crippen molar-refractivity contribution in [3.63, 3.8) is 0 Å². The molecule has 0 heterocycles. The smallest absolute Gasteiger partial charge is 0.166 e. The van der Waals surface area contributed by atoms with Crippen LogP contribution in [0.4, 0.5) is 0 Å². The third-order valence-corrected chi connectivity index (χ3v) is 3.37. The van der Waals surface area contributed by atoms with Gasteiger partial charge in [0.2, 0.25) is 0 Å². The zero-order chi connectivity index (χ0) is 11.9. The molecule has 1 aliphatic carbocycles. The molecular weight excluding hydrogens is 208 g/mol.